The molecule has 19 heavy (non-hydrogen) atoms. The first-order valence-corrected chi connectivity index (χ1v) is 6.02. The smallest absolute Gasteiger partial charge is 0.273 e. The molecular formula is C10H16N8O. The molecule has 102 valence electrons. The fourth-order valence-electron chi connectivity index (χ4n) is 1.53. The summed E-state index contributed by atoms with van der Waals surface area (Å²) in [5, 5.41) is 17.9. The maximum absolute atomic E-state index is 11.7. The molecule has 0 saturated heterocycles. The molecule has 2 heterocycles. The van der Waals surface area contributed by atoms with Crippen molar-refractivity contribution < 1.29 is 4.79 Å². The first-order chi connectivity index (χ1) is 9.29. The van der Waals surface area contributed by atoms with E-state index in [-0.39, 0.29) is 5.91 Å². The van der Waals surface area contributed by atoms with Gasteiger partial charge in [-0.05, 0) is 6.42 Å². The molecule has 2 aromatic heterocycles. The van der Waals surface area contributed by atoms with Crippen molar-refractivity contribution >= 4 is 5.91 Å². The largest absolute Gasteiger partial charge is 0.351 e. The summed E-state index contributed by atoms with van der Waals surface area (Å²) in [7, 11) is 0. The Hall–Kier alpha value is -2.29. The van der Waals surface area contributed by atoms with E-state index in [0.29, 0.717) is 31.9 Å². The van der Waals surface area contributed by atoms with Crippen LogP contribution in [0.1, 0.15) is 16.9 Å². The Labute approximate surface area is 109 Å². The van der Waals surface area contributed by atoms with E-state index in [9.17, 15) is 4.79 Å². The number of aryl methyl sites for hydroxylation is 1. The Morgan fingerprint density at radius 3 is 2.95 bits per heavy atom. The van der Waals surface area contributed by atoms with Crippen LogP contribution in [0.5, 0.6) is 0 Å². The van der Waals surface area contributed by atoms with Crippen molar-refractivity contribution in [1.29, 1.82) is 0 Å². The number of nitrogens with one attached hydrogen (secondary N) is 1. The predicted molar refractivity (Wildman–Crippen MR) is 66.0 cm³/mol. The number of carbonyl (C=O) groups excluding carboxylic acids is 1. The highest BCUT2D eigenvalue weighted by Gasteiger charge is 2.09. The summed E-state index contributed by atoms with van der Waals surface area (Å²) in [4.78, 5) is 11.7. The molecule has 3 N–H and O–H groups in total. The lowest BCUT2D eigenvalue weighted by molar-refractivity contribution is 0.0947. The molecule has 0 aliphatic carbocycles. The third-order valence-electron chi connectivity index (χ3n) is 2.45. The lowest BCUT2D eigenvalue weighted by Gasteiger charge is -2.02. The minimum atomic E-state index is -0.234. The van der Waals surface area contributed by atoms with Crippen LogP contribution in [0.4, 0.5) is 0 Å². The molecule has 0 atom stereocenters. The monoisotopic (exact) mass is 264 g/mol. The molecule has 0 radical (unpaired) electrons. The van der Waals surface area contributed by atoms with Crippen LogP contribution in [0.3, 0.4) is 0 Å². The molecule has 0 unspecified atom stereocenters. The lowest BCUT2D eigenvalue weighted by atomic mass is 10.4. The summed E-state index contributed by atoms with van der Waals surface area (Å²) in [5.74, 6) is -0.234. The Morgan fingerprint density at radius 2 is 2.21 bits per heavy atom. The number of rotatable bonds is 7. The molecule has 0 saturated carbocycles. The second kappa shape index (κ2) is 6.59. The van der Waals surface area contributed by atoms with Crippen LogP contribution in [-0.4, -0.2) is 49.0 Å². The molecule has 0 spiro atoms. The van der Waals surface area contributed by atoms with Gasteiger partial charge in [0.15, 0.2) is 5.69 Å². The Balaban J connectivity index is 1.71. The maximum Gasteiger partial charge on any atom is 0.273 e. The van der Waals surface area contributed by atoms with E-state index in [0.717, 1.165) is 6.42 Å². The SMILES string of the molecule is NCCn1cc(C(=O)NCCCn2ccnn2)nn1. The van der Waals surface area contributed by atoms with E-state index in [1.165, 1.54) is 0 Å². The average Bonchev–Trinajstić information content (AvgIpc) is 3.06. The van der Waals surface area contributed by atoms with Crippen molar-refractivity contribution in [3.63, 3.8) is 0 Å². The fourth-order valence-corrected chi connectivity index (χ4v) is 1.53. The van der Waals surface area contributed by atoms with Crippen molar-refractivity contribution in [2.24, 2.45) is 5.73 Å². The van der Waals surface area contributed by atoms with E-state index in [4.69, 9.17) is 5.73 Å². The van der Waals surface area contributed by atoms with E-state index in [1.807, 2.05) is 0 Å². The van der Waals surface area contributed by atoms with Gasteiger partial charge in [0, 0.05) is 25.8 Å². The van der Waals surface area contributed by atoms with Crippen LogP contribution in [0.15, 0.2) is 18.6 Å². The molecule has 2 rings (SSSR count). The molecule has 0 aliphatic rings. The van der Waals surface area contributed by atoms with Crippen molar-refractivity contribution in [2.75, 3.05) is 13.1 Å². The van der Waals surface area contributed by atoms with Crippen molar-refractivity contribution in [2.45, 2.75) is 19.5 Å². The number of nitrogens with two attached hydrogens (primary N) is 1. The van der Waals surface area contributed by atoms with Crippen molar-refractivity contribution in [3.8, 4) is 0 Å². The summed E-state index contributed by atoms with van der Waals surface area (Å²) in [6, 6.07) is 0. The predicted octanol–water partition coefficient (Wildman–Crippen LogP) is -1.35. The second-order valence-corrected chi connectivity index (χ2v) is 3.93. The zero-order valence-corrected chi connectivity index (χ0v) is 10.4. The van der Waals surface area contributed by atoms with Crippen molar-refractivity contribution in [1.82, 2.24) is 35.3 Å². The standard InChI is InChI=1S/C10H16N8O/c11-2-6-18-8-9(14-16-18)10(19)12-3-1-5-17-7-4-13-15-17/h4,7-8H,1-3,5-6,11H2,(H,12,19). The average molecular weight is 264 g/mol. The molecule has 9 heteroatoms. The number of hydrogen-bond acceptors (Lipinski definition) is 6. The third kappa shape index (κ3) is 3.85. The maximum atomic E-state index is 11.7. The minimum Gasteiger partial charge on any atom is -0.351 e. The molecule has 0 aromatic carbocycles. The van der Waals surface area contributed by atoms with Gasteiger partial charge in [0.25, 0.3) is 5.91 Å². The van der Waals surface area contributed by atoms with Gasteiger partial charge >= 0.3 is 0 Å². The molecule has 0 fully saturated rings. The summed E-state index contributed by atoms with van der Waals surface area (Å²) in [6.45, 7) is 2.26. The Morgan fingerprint density at radius 1 is 1.32 bits per heavy atom. The molecule has 1 amide bonds. The highest BCUT2D eigenvalue weighted by atomic mass is 16.2. The number of amides is 1. The van der Waals surface area contributed by atoms with Gasteiger partial charge in [-0.15, -0.1) is 10.2 Å². The number of nitrogens with zero attached hydrogens (tertiary/aromatic N) is 6. The van der Waals surface area contributed by atoms with Crippen LogP contribution in [-0.2, 0) is 13.1 Å². The Bertz CT molecular complexity index is 505. The van der Waals surface area contributed by atoms with E-state index < -0.39 is 0 Å². The second-order valence-electron chi connectivity index (χ2n) is 3.93. The van der Waals surface area contributed by atoms with Gasteiger partial charge in [-0.3, -0.25) is 14.2 Å². The molecule has 2 aromatic rings. The highest BCUT2D eigenvalue weighted by Crippen LogP contribution is 1.93. The van der Waals surface area contributed by atoms with E-state index in [2.05, 4.69) is 25.9 Å². The van der Waals surface area contributed by atoms with Crippen LogP contribution in [0.2, 0.25) is 0 Å². The molecule has 0 bridgehead atoms. The van der Waals surface area contributed by atoms with E-state index in [1.54, 1.807) is 28.0 Å². The first kappa shape index (κ1) is 13.1. The first-order valence-electron chi connectivity index (χ1n) is 6.02. The molecular weight excluding hydrogens is 248 g/mol. The van der Waals surface area contributed by atoms with Crippen LogP contribution in [0, 0.1) is 0 Å². The van der Waals surface area contributed by atoms with Crippen molar-refractivity contribution in [3.05, 3.63) is 24.3 Å². The molecule has 0 aliphatic heterocycles. The minimum absolute atomic E-state index is 0.234. The topological polar surface area (TPSA) is 117 Å². The van der Waals surface area contributed by atoms with Gasteiger partial charge in [0.1, 0.15) is 0 Å². The fraction of sp³-hybridized carbons (Fsp3) is 0.500. The number of aromatic nitrogens is 6. The van der Waals surface area contributed by atoms with Gasteiger partial charge in [-0.25, -0.2) is 0 Å². The van der Waals surface area contributed by atoms with Gasteiger partial charge in [0.05, 0.1) is 18.9 Å². The normalized spacial score (nSPS) is 10.6. The highest BCUT2D eigenvalue weighted by molar-refractivity contribution is 5.91. The Kier molecular flexibility index (Phi) is 4.56. The third-order valence-corrected chi connectivity index (χ3v) is 2.45. The van der Waals surface area contributed by atoms with Crippen LogP contribution < -0.4 is 11.1 Å². The van der Waals surface area contributed by atoms with Crippen LogP contribution >= 0.6 is 0 Å². The zero-order valence-electron chi connectivity index (χ0n) is 10.4. The molecule has 9 nitrogen and oxygen atoms in total. The quantitative estimate of drug-likeness (QED) is 0.597. The lowest BCUT2D eigenvalue weighted by Crippen LogP contribution is -2.25. The summed E-state index contributed by atoms with van der Waals surface area (Å²) >= 11 is 0. The van der Waals surface area contributed by atoms with Gasteiger partial charge in [-0.1, -0.05) is 10.4 Å². The van der Waals surface area contributed by atoms with E-state index >= 15 is 0 Å². The summed E-state index contributed by atoms with van der Waals surface area (Å²) in [5.41, 5.74) is 5.69. The number of hydrogen-bond donors (Lipinski definition) is 2. The zero-order chi connectivity index (χ0) is 13.5. The van der Waals surface area contributed by atoms with Gasteiger partial charge < -0.3 is 11.1 Å². The summed E-state index contributed by atoms with van der Waals surface area (Å²) in [6.07, 6.45) is 5.75. The van der Waals surface area contributed by atoms with Gasteiger partial charge in [-0.2, -0.15) is 0 Å². The van der Waals surface area contributed by atoms with Crippen LogP contribution in [0.25, 0.3) is 0 Å². The number of carbonyl (C=O) groups is 1. The van der Waals surface area contributed by atoms with Gasteiger partial charge in [0.2, 0.25) is 0 Å². The summed E-state index contributed by atoms with van der Waals surface area (Å²) < 4.78 is 3.26.